The van der Waals surface area contributed by atoms with Crippen LogP contribution in [0.3, 0.4) is 0 Å². The summed E-state index contributed by atoms with van der Waals surface area (Å²) in [5, 5.41) is 4.75. The number of hydrogen-bond acceptors (Lipinski definition) is 5. The van der Waals surface area contributed by atoms with Crippen LogP contribution in [0.15, 0.2) is 6.20 Å². The Hall–Kier alpha value is -1.85. The Balaban J connectivity index is 2.80. The third-order valence-corrected chi connectivity index (χ3v) is 1.78. The van der Waals surface area contributed by atoms with Gasteiger partial charge in [0.25, 0.3) is 0 Å². The normalized spacial score (nSPS) is 10.6. The van der Waals surface area contributed by atoms with Gasteiger partial charge in [-0.1, -0.05) is 0 Å². The Labute approximate surface area is 74.3 Å². The van der Waals surface area contributed by atoms with Gasteiger partial charge in [-0.05, 0) is 0 Å². The summed E-state index contributed by atoms with van der Waals surface area (Å²) < 4.78 is 6.51. The van der Waals surface area contributed by atoms with Gasteiger partial charge in [-0.2, -0.15) is 15.1 Å². The summed E-state index contributed by atoms with van der Waals surface area (Å²) in [4.78, 5) is 8.03. The van der Waals surface area contributed by atoms with Crippen molar-refractivity contribution in [2.75, 3.05) is 12.8 Å². The van der Waals surface area contributed by atoms with Gasteiger partial charge < -0.3 is 10.5 Å². The van der Waals surface area contributed by atoms with Gasteiger partial charge in [-0.25, -0.2) is 0 Å². The topological polar surface area (TPSA) is 78.9 Å². The molecular formula is C7H9N5O. The van der Waals surface area contributed by atoms with Crippen molar-refractivity contribution in [2.24, 2.45) is 7.05 Å². The fourth-order valence-electron chi connectivity index (χ4n) is 1.11. The van der Waals surface area contributed by atoms with Crippen LogP contribution < -0.4 is 10.5 Å². The molecule has 0 bridgehead atoms. The molecule has 6 nitrogen and oxygen atoms in total. The first-order valence-corrected chi connectivity index (χ1v) is 3.71. The van der Waals surface area contributed by atoms with E-state index >= 15 is 0 Å². The van der Waals surface area contributed by atoms with Crippen LogP contribution in [-0.4, -0.2) is 26.9 Å². The van der Waals surface area contributed by atoms with Crippen LogP contribution >= 0.6 is 0 Å². The van der Waals surface area contributed by atoms with Gasteiger partial charge in [0.15, 0.2) is 5.65 Å². The van der Waals surface area contributed by atoms with Crippen molar-refractivity contribution in [3.8, 4) is 6.01 Å². The predicted molar refractivity (Wildman–Crippen MR) is 47.3 cm³/mol. The largest absolute Gasteiger partial charge is 0.467 e. The summed E-state index contributed by atoms with van der Waals surface area (Å²) in [6, 6.07) is 0.258. The average molecular weight is 179 g/mol. The highest BCUT2D eigenvalue weighted by atomic mass is 16.5. The molecule has 0 amide bonds. The quantitative estimate of drug-likeness (QED) is 0.664. The van der Waals surface area contributed by atoms with E-state index in [4.69, 9.17) is 10.5 Å². The van der Waals surface area contributed by atoms with Gasteiger partial charge >= 0.3 is 6.01 Å². The standard InChI is InChI=1S/C7H9N5O/c1-12-6-4(3-9-12)5(8)10-7(11-6)13-2/h3H,1-2H3,(H2,8,10,11). The number of nitrogens with zero attached hydrogens (tertiary/aromatic N) is 4. The molecule has 0 saturated carbocycles. The van der Waals surface area contributed by atoms with E-state index < -0.39 is 0 Å². The highest BCUT2D eigenvalue weighted by Crippen LogP contribution is 2.18. The van der Waals surface area contributed by atoms with E-state index in [2.05, 4.69) is 15.1 Å². The number of rotatable bonds is 1. The van der Waals surface area contributed by atoms with Crippen molar-refractivity contribution in [2.45, 2.75) is 0 Å². The minimum atomic E-state index is 0.258. The first kappa shape index (κ1) is 7.78. The van der Waals surface area contributed by atoms with Crippen molar-refractivity contribution in [1.29, 1.82) is 0 Å². The number of ether oxygens (including phenoxy) is 1. The van der Waals surface area contributed by atoms with E-state index in [-0.39, 0.29) is 6.01 Å². The van der Waals surface area contributed by atoms with Gasteiger partial charge in [-0.3, -0.25) is 4.68 Å². The molecule has 2 rings (SSSR count). The molecule has 0 aliphatic heterocycles. The van der Waals surface area contributed by atoms with E-state index in [1.54, 1.807) is 17.9 Å². The molecule has 0 radical (unpaired) electrons. The molecule has 68 valence electrons. The van der Waals surface area contributed by atoms with Crippen LogP contribution in [0.4, 0.5) is 5.82 Å². The molecule has 0 unspecified atom stereocenters. The third-order valence-electron chi connectivity index (χ3n) is 1.78. The molecule has 2 aromatic heterocycles. The summed E-state index contributed by atoms with van der Waals surface area (Å²) in [5.74, 6) is 0.384. The second kappa shape index (κ2) is 2.58. The summed E-state index contributed by atoms with van der Waals surface area (Å²) in [6.07, 6.45) is 1.63. The van der Waals surface area contributed by atoms with Crippen molar-refractivity contribution < 1.29 is 4.74 Å². The maximum Gasteiger partial charge on any atom is 0.320 e. The summed E-state index contributed by atoms with van der Waals surface area (Å²) >= 11 is 0. The van der Waals surface area contributed by atoms with E-state index in [0.29, 0.717) is 11.5 Å². The molecule has 2 heterocycles. The molecule has 0 aliphatic rings. The van der Waals surface area contributed by atoms with Gasteiger partial charge in [0.05, 0.1) is 18.7 Å². The minimum absolute atomic E-state index is 0.258. The van der Waals surface area contributed by atoms with Crippen molar-refractivity contribution >= 4 is 16.9 Å². The summed E-state index contributed by atoms with van der Waals surface area (Å²) in [7, 11) is 3.28. The minimum Gasteiger partial charge on any atom is -0.467 e. The lowest BCUT2D eigenvalue weighted by Crippen LogP contribution is -2.00. The first-order chi connectivity index (χ1) is 6.22. The van der Waals surface area contributed by atoms with Crippen LogP contribution in [0.5, 0.6) is 6.01 Å². The second-order valence-corrected chi connectivity index (χ2v) is 2.60. The Morgan fingerprint density at radius 3 is 2.92 bits per heavy atom. The van der Waals surface area contributed by atoms with Gasteiger partial charge in [0.2, 0.25) is 0 Å². The Morgan fingerprint density at radius 2 is 2.23 bits per heavy atom. The van der Waals surface area contributed by atoms with E-state index in [9.17, 15) is 0 Å². The van der Waals surface area contributed by atoms with Crippen LogP contribution in [0, 0.1) is 0 Å². The zero-order valence-corrected chi connectivity index (χ0v) is 7.35. The zero-order valence-electron chi connectivity index (χ0n) is 7.35. The Bertz CT molecular complexity index is 449. The summed E-state index contributed by atoms with van der Waals surface area (Å²) in [5.41, 5.74) is 6.33. The molecule has 2 N–H and O–H groups in total. The van der Waals surface area contributed by atoms with Crippen molar-refractivity contribution in [1.82, 2.24) is 19.7 Å². The third kappa shape index (κ3) is 1.07. The second-order valence-electron chi connectivity index (χ2n) is 2.60. The van der Waals surface area contributed by atoms with Crippen LogP contribution in [0.2, 0.25) is 0 Å². The number of methoxy groups -OCH3 is 1. The summed E-state index contributed by atoms with van der Waals surface area (Å²) in [6.45, 7) is 0. The molecule has 0 aromatic carbocycles. The smallest absolute Gasteiger partial charge is 0.320 e. The number of fused-ring (bicyclic) bond motifs is 1. The molecule has 0 saturated heterocycles. The first-order valence-electron chi connectivity index (χ1n) is 3.71. The number of nitrogens with two attached hydrogens (primary N) is 1. The van der Waals surface area contributed by atoms with Gasteiger partial charge in [-0.15, -0.1) is 0 Å². The number of aromatic nitrogens is 4. The predicted octanol–water partition coefficient (Wildman–Crippen LogP) is -0.0459. The Morgan fingerprint density at radius 1 is 1.46 bits per heavy atom. The molecule has 0 spiro atoms. The van der Waals surface area contributed by atoms with Gasteiger partial charge in [0.1, 0.15) is 5.82 Å². The molecule has 2 aromatic rings. The van der Waals surface area contributed by atoms with Crippen molar-refractivity contribution in [3.63, 3.8) is 0 Å². The van der Waals surface area contributed by atoms with Crippen molar-refractivity contribution in [3.05, 3.63) is 6.20 Å². The lowest BCUT2D eigenvalue weighted by atomic mass is 10.4. The number of nitrogen functional groups attached to an aromatic ring is 1. The van der Waals surface area contributed by atoms with E-state index in [0.717, 1.165) is 5.39 Å². The molecule has 6 heteroatoms. The average Bonchev–Trinajstić information content (AvgIpc) is 2.48. The lowest BCUT2D eigenvalue weighted by Gasteiger charge is -2.00. The van der Waals surface area contributed by atoms with Crippen LogP contribution in [0.25, 0.3) is 11.0 Å². The van der Waals surface area contributed by atoms with E-state index in [1.807, 2.05) is 0 Å². The van der Waals surface area contributed by atoms with Crippen LogP contribution in [-0.2, 0) is 7.05 Å². The molecule has 0 aliphatic carbocycles. The molecule has 13 heavy (non-hydrogen) atoms. The highest BCUT2D eigenvalue weighted by Gasteiger charge is 2.08. The molecule has 0 fully saturated rings. The number of aryl methyl sites for hydroxylation is 1. The maximum atomic E-state index is 5.66. The number of hydrogen-bond donors (Lipinski definition) is 1. The van der Waals surface area contributed by atoms with E-state index in [1.165, 1.54) is 7.11 Å². The monoisotopic (exact) mass is 179 g/mol. The highest BCUT2D eigenvalue weighted by molar-refractivity contribution is 5.85. The lowest BCUT2D eigenvalue weighted by molar-refractivity contribution is 0.382. The zero-order chi connectivity index (χ0) is 9.42. The fourth-order valence-corrected chi connectivity index (χ4v) is 1.11. The SMILES string of the molecule is COc1nc(N)c2cnn(C)c2n1. The maximum absolute atomic E-state index is 5.66. The Kier molecular flexibility index (Phi) is 1.54. The van der Waals surface area contributed by atoms with Gasteiger partial charge in [0, 0.05) is 7.05 Å². The fraction of sp³-hybridized carbons (Fsp3) is 0.286. The molecule has 0 atom stereocenters. The molecular weight excluding hydrogens is 170 g/mol. The van der Waals surface area contributed by atoms with Crippen LogP contribution in [0.1, 0.15) is 0 Å². The number of anilines is 1.